The molecule has 1 fully saturated rings. The molecule has 1 aliphatic rings. The van der Waals surface area contributed by atoms with E-state index in [2.05, 4.69) is 9.97 Å². The molecule has 0 bridgehead atoms. The van der Waals surface area contributed by atoms with Crippen molar-refractivity contribution in [2.45, 2.75) is 31.2 Å². The van der Waals surface area contributed by atoms with Crippen LogP contribution in [-0.2, 0) is 4.79 Å². The first-order valence-electron chi connectivity index (χ1n) is 11.8. The van der Waals surface area contributed by atoms with Crippen molar-refractivity contribution in [3.8, 4) is 16.9 Å². The van der Waals surface area contributed by atoms with Gasteiger partial charge in [-0.3, -0.25) is 4.79 Å². The van der Waals surface area contributed by atoms with Crippen LogP contribution in [0.3, 0.4) is 0 Å². The number of hydrogen-bond donors (Lipinski definition) is 2. The van der Waals surface area contributed by atoms with Crippen LogP contribution in [0.1, 0.15) is 34.4 Å². The standard InChI is InChI=1S/C29H27N3O3S/c1-18-3-5-21(6-4-18)26(34)16-36-28-27(25-12-11-24(33)13-19(25)2)32(29(28)35)23-9-7-20(8-10-23)22-14-30-17-31-15-22/h3-15,17,26-28,33-34H,16H2,1-2H3/t26?,27?,28-/m1/s1. The van der Waals surface area contributed by atoms with Crippen molar-refractivity contribution in [1.82, 2.24) is 9.97 Å². The number of phenolic OH excluding ortho intramolecular Hbond substituents is 1. The third-order valence-electron chi connectivity index (χ3n) is 6.55. The number of carbonyl (C=O) groups excluding carboxylic acids is 1. The van der Waals surface area contributed by atoms with Gasteiger partial charge in [-0.15, -0.1) is 11.8 Å². The molecule has 1 saturated heterocycles. The first-order valence-corrected chi connectivity index (χ1v) is 12.8. The molecule has 4 aromatic rings. The summed E-state index contributed by atoms with van der Waals surface area (Å²) in [4.78, 5) is 23.4. The fourth-order valence-corrected chi connectivity index (χ4v) is 5.84. The molecule has 0 aliphatic carbocycles. The highest BCUT2D eigenvalue weighted by Crippen LogP contribution is 2.47. The minimum absolute atomic E-state index is 0.00405. The van der Waals surface area contributed by atoms with E-state index < -0.39 is 6.10 Å². The summed E-state index contributed by atoms with van der Waals surface area (Å²) in [7, 11) is 0. The number of thioether (sulfide) groups is 1. The molecule has 2 unspecified atom stereocenters. The van der Waals surface area contributed by atoms with Crippen LogP contribution in [0.15, 0.2) is 85.5 Å². The van der Waals surface area contributed by atoms with Crippen molar-refractivity contribution in [2.75, 3.05) is 10.7 Å². The second kappa shape index (κ2) is 10.1. The quantitative estimate of drug-likeness (QED) is 0.333. The van der Waals surface area contributed by atoms with Crippen LogP contribution in [0.4, 0.5) is 5.69 Å². The van der Waals surface area contributed by atoms with Gasteiger partial charge in [0.2, 0.25) is 5.91 Å². The number of aromatic nitrogens is 2. The molecule has 1 amide bonds. The van der Waals surface area contributed by atoms with E-state index in [9.17, 15) is 15.0 Å². The molecule has 1 aliphatic heterocycles. The lowest BCUT2D eigenvalue weighted by molar-refractivity contribution is -0.123. The largest absolute Gasteiger partial charge is 0.508 e. The molecule has 36 heavy (non-hydrogen) atoms. The minimum atomic E-state index is -0.661. The molecule has 0 saturated carbocycles. The van der Waals surface area contributed by atoms with Crippen molar-refractivity contribution in [3.63, 3.8) is 0 Å². The first-order chi connectivity index (χ1) is 17.4. The Kier molecular flexibility index (Phi) is 6.76. The number of phenols is 1. The third kappa shape index (κ3) is 4.72. The second-order valence-corrected chi connectivity index (χ2v) is 10.2. The average Bonchev–Trinajstić information content (AvgIpc) is 2.89. The number of aliphatic hydroxyl groups is 1. The zero-order valence-corrected chi connectivity index (χ0v) is 20.9. The van der Waals surface area contributed by atoms with E-state index in [1.165, 1.54) is 18.1 Å². The maximum atomic E-state index is 13.4. The van der Waals surface area contributed by atoms with E-state index in [0.29, 0.717) is 5.75 Å². The highest BCUT2D eigenvalue weighted by Gasteiger charge is 2.49. The summed E-state index contributed by atoms with van der Waals surface area (Å²) in [5.41, 5.74) is 6.55. The molecular formula is C29H27N3O3S. The number of aliphatic hydroxyl groups excluding tert-OH is 1. The van der Waals surface area contributed by atoms with Crippen LogP contribution in [0.5, 0.6) is 5.75 Å². The topological polar surface area (TPSA) is 86.5 Å². The predicted molar refractivity (Wildman–Crippen MR) is 143 cm³/mol. The van der Waals surface area contributed by atoms with Crippen LogP contribution in [0.25, 0.3) is 11.1 Å². The average molecular weight is 498 g/mol. The molecule has 5 rings (SSSR count). The maximum Gasteiger partial charge on any atom is 0.243 e. The number of β-lactam (4-membered cyclic amide) rings is 1. The van der Waals surface area contributed by atoms with Gasteiger partial charge >= 0.3 is 0 Å². The van der Waals surface area contributed by atoms with Gasteiger partial charge in [0, 0.05) is 29.4 Å². The molecule has 2 N–H and O–H groups in total. The Morgan fingerprint density at radius 1 is 0.944 bits per heavy atom. The number of aryl methyl sites for hydroxylation is 2. The number of nitrogens with zero attached hydrogens (tertiary/aromatic N) is 3. The predicted octanol–water partition coefficient (Wildman–Crippen LogP) is 5.39. The van der Waals surface area contributed by atoms with Gasteiger partial charge < -0.3 is 15.1 Å². The number of carbonyl (C=O) groups is 1. The van der Waals surface area contributed by atoms with E-state index >= 15 is 0 Å². The molecule has 6 nitrogen and oxygen atoms in total. The summed E-state index contributed by atoms with van der Waals surface area (Å²) in [5.74, 6) is 0.611. The Hall–Kier alpha value is -3.68. The Balaban J connectivity index is 1.40. The molecule has 182 valence electrons. The van der Waals surface area contributed by atoms with Crippen molar-refractivity contribution in [2.24, 2.45) is 0 Å². The smallest absolute Gasteiger partial charge is 0.243 e. The fourth-order valence-electron chi connectivity index (χ4n) is 4.55. The maximum absolute atomic E-state index is 13.4. The van der Waals surface area contributed by atoms with Crippen molar-refractivity contribution in [1.29, 1.82) is 0 Å². The third-order valence-corrected chi connectivity index (χ3v) is 7.88. The zero-order valence-electron chi connectivity index (χ0n) is 20.1. The Morgan fingerprint density at radius 3 is 2.31 bits per heavy atom. The number of benzene rings is 3. The fraction of sp³-hybridized carbons (Fsp3) is 0.207. The number of hydrogen-bond acceptors (Lipinski definition) is 6. The van der Waals surface area contributed by atoms with E-state index in [4.69, 9.17) is 0 Å². The normalized spacial score (nSPS) is 18.1. The highest BCUT2D eigenvalue weighted by atomic mass is 32.2. The van der Waals surface area contributed by atoms with Crippen molar-refractivity contribution in [3.05, 3.63) is 108 Å². The van der Waals surface area contributed by atoms with Gasteiger partial charge in [0.25, 0.3) is 0 Å². The van der Waals surface area contributed by atoms with E-state index in [-0.39, 0.29) is 22.9 Å². The summed E-state index contributed by atoms with van der Waals surface area (Å²) in [6, 6.07) is 20.7. The molecule has 1 aromatic heterocycles. The lowest BCUT2D eigenvalue weighted by Crippen LogP contribution is -2.58. The van der Waals surface area contributed by atoms with E-state index in [0.717, 1.165) is 39.1 Å². The SMILES string of the molecule is Cc1ccc(C(O)CS[C@H]2C(=O)N(c3ccc(-c4cncnc4)cc3)C2c2ccc(O)cc2C)cc1. The van der Waals surface area contributed by atoms with E-state index in [1.54, 1.807) is 29.4 Å². The van der Waals surface area contributed by atoms with Gasteiger partial charge in [0.15, 0.2) is 0 Å². The highest BCUT2D eigenvalue weighted by molar-refractivity contribution is 8.00. The Morgan fingerprint density at radius 2 is 1.64 bits per heavy atom. The van der Waals surface area contributed by atoms with Gasteiger partial charge in [-0.1, -0.05) is 48.0 Å². The van der Waals surface area contributed by atoms with Crippen LogP contribution < -0.4 is 4.90 Å². The lowest BCUT2D eigenvalue weighted by Gasteiger charge is -2.47. The van der Waals surface area contributed by atoms with Crippen LogP contribution in [-0.4, -0.2) is 37.1 Å². The van der Waals surface area contributed by atoms with Crippen molar-refractivity contribution < 1.29 is 15.0 Å². The monoisotopic (exact) mass is 497 g/mol. The van der Waals surface area contributed by atoms with Gasteiger partial charge in [0.05, 0.1) is 12.1 Å². The summed E-state index contributed by atoms with van der Waals surface area (Å²) in [5, 5.41) is 20.4. The molecular weight excluding hydrogens is 470 g/mol. The molecule has 7 heteroatoms. The Bertz CT molecular complexity index is 1360. The summed E-state index contributed by atoms with van der Waals surface area (Å²) >= 11 is 1.47. The number of aromatic hydroxyl groups is 1. The van der Waals surface area contributed by atoms with Gasteiger partial charge in [-0.05, 0) is 60.4 Å². The number of rotatable bonds is 7. The summed E-state index contributed by atoms with van der Waals surface area (Å²) in [6.45, 7) is 3.95. The molecule has 3 atom stereocenters. The number of anilines is 1. The van der Waals surface area contributed by atoms with Crippen LogP contribution in [0.2, 0.25) is 0 Å². The first kappa shape index (κ1) is 24.0. The van der Waals surface area contributed by atoms with Gasteiger partial charge in [0.1, 0.15) is 17.3 Å². The van der Waals surface area contributed by atoms with Crippen molar-refractivity contribution >= 4 is 23.4 Å². The minimum Gasteiger partial charge on any atom is -0.508 e. The zero-order chi connectivity index (χ0) is 25.2. The number of amides is 1. The summed E-state index contributed by atoms with van der Waals surface area (Å²) in [6.07, 6.45) is 4.34. The van der Waals surface area contributed by atoms with Crippen LogP contribution in [0, 0.1) is 13.8 Å². The van der Waals surface area contributed by atoms with E-state index in [1.807, 2.05) is 68.4 Å². The molecule has 0 radical (unpaired) electrons. The molecule has 3 aromatic carbocycles. The second-order valence-electron chi connectivity index (χ2n) is 9.05. The van der Waals surface area contributed by atoms with Gasteiger partial charge in [-0.25, -0.2) is 9.97 Å². The molecule has 2 heterocycles. The molecule has 0 spiro atoms. The lowest BCUT2D eigenvalue weighted by atomic mass is 9.89. The Labute approximate surface area is 214 Å². The van der Waals surface area contributed by atoms with Crippen LogP contribution >= 0.6 is 11.8 Å². The summed E-state index contributed by atoms with van der Waals surface area (Å²) < 4.78 is 0. The van der Waals surface area contributed by atoms with Gasteiger partial charge in [-0.2, -0.15) is 0 Å².